The number of unbranched alkanes of at least 4 members (excludes halogenated alkanes) is 6. The van der Waals surface area contributed by atoms with Crippen molar-refractivity contribution in [3.05, 3.63) is 12.3 Å². The van der Waals surface area contributed by atoms with E-state index >= 15 is 0 Å². The zero-order valence-corrected chi connectivity index (χ0v) is 13.0. The SMILES string of the molecule is CCCCCCCC/C=C/O[C@@H]1[C@@H](O)[C@H](CO)OC[C@H]1O. The molecule has 5 nitrogen and oxygen atoms in total. The largest absolute Gasteiger partial charge is 0.493 e. The van der Waals surface area contributed by atoms with Crippen molar-refractivity contribution in [1.29, 1.82) is 0 Å². The first kappa shape index (κ1) is 18.4. The van der Waals surface area contributed by atoms with Gasteiger partial charge in [0.05, 0.1) is 19.5 Å². The number of hydrogen-bond donors (Lipinski definition) is 3. The van der Waals surface area contributed by atoms with E-state index in [4.69, 9.17) is 14.6 Å². The van der Waals surface area contributed by atoms with E-state index in [-0.39, 0.29) is 13.2 Å². The summed E-state index contributed by atoms with van der Waals surface area (Å²) in [6.45, 7) is 1.99. The maximum Gasteiger partial charge on any atom is 0.154 e. The Bertz CT molecular complexity index is 282. The summed E-state index contributed by atoms with van der Waals surface area (Å²) in [6.07, 6.45) is 8.58. The van der Waals surface area contributed by atoms with Gasteiger partial charge < -0.3 is 24.8 Å². The van der Waals surface area contributed by atoms with Crippen LogP contribution < -0.4 is 0 Å². The van der Waals surface area contributed by atoms with Crippen LogP contribution >= 0.6 is 0 Å². The molecule has 1 rings (SSSR count). The lowest BCUT2D eigenvalue weighted by atomic mass is 10.0. The maximum absolute atomic E-state index is 9.92. The predicted octanol–water partition coefficient (Wildman–Crippen LogP) is 1.75. The van der Waals surface area contributed by atoms with E-state index in [9.17, 15) is 10.2 Å². The fourth-order valence-electron chi connectivity index (χ4n) is 2.44. The molecular weight excluding hydrogens is 272 g/mol. The summed E-state index contributed by atoms with van der Waals surface area (Å²) in [5, 5.41) is 28.7. The molecule has 124 valence electrons. The Morgan fingerprint density at radius 1 is 1.14 bits per heavy atom. The Kier molecular flexibility index (Phi) is 9.67. The zero-order chi connectivity index (χ0) is 15.5. The van der Waals surface area contributed by atoms with Gasteiger partial charge >= 0.3 is 0 Å². The van der Waals surface area contributed by atoms with E-state index in [2.05, 4.69) is 6.92 Å². The predicted molar refractivity (Wildman–Crippen MR) is 80.8 cm³/mol. The summed E-state index contributed by atoms with van der Waals surface area (Å²) in [6, 6.07) is 0. The minimum atomic E-state index is -1.02. The Morgan fingerprint density at radius 2 is 1.86 bits per heavy atom. The van der Waals surface area contributed by atoms with Gasteiger partial charge in [0.1, 0.15) is 18.3 Å². The number of rotatable bonds is 10. The maximum atomic E-state index is 9.92. The van der Waals surface area contributed by atoms with E-state index in [0.717, 1.165) is 12.8 Å². The quantitative estimate of drug-likeness (QED) is 0.423. The molecule has 0 radical (unpaired) electrons. The van der Waals surface area contributed by atoms with Crippen LogP contribution in [-0.4, -0.2) is 52.9 Å². The van der Waals surface area contributed by atoms with Crippen molar-refractivity contribution in [3.63, 3.8) is 0 Å². The first-order valence-electron chi connectivity index (χ1n) is 8.09. The Hall–Kier alpha value is -0.620. The fraction of sp³-hybridized carbons (Fsp3) is 0.875. The van der Waals surface area contributed by atoms with Gasteiger partial charge in [0, 0.05) is 0 Å². The molecule has 0 aromatic rings. The normalized spacial score (nSPS) is 29.9. The van der Waals surface area contributed by atoms with Gasteiger partial charge in [-0.05, 0) is 18.9 Å². The molecule has 0 bridgehead atoms. The van der Waals surface area contributed by atoms with Crippen molar-refractivity contribution >= 4 is 0 Å². The van der Waals surface area contributed by atoms with E-state index in [0.29, 0.717) is 0 Å². The first-order chi connectivity index (χ1) is 10.2. The van der Waals surface area contributed by atoms with Gasteiger partial charge in [-0.2, -0.15) is 0 Å². The monoisotopic (exact) mass is 302 g/mol. The van der Waals surface area contributed by atoms with Crippen molar-refractivity contribution in [2.75, 3.05) is 13.2 Å². The smallest absolute Gasteiger partial charge is 0.154 e. The fourth-order valence-corrected chi connectivity index (χ4v) is 2.44. The summed E-state index contributed by atoms with van der Waals surface area (Å²) in [5.41, 5.74) is 0. The summed E-state index contributed by atoms with van der Waals surface area (Å²) in [7, 11) is 0. The second kappa shape index (κ2) is 11.0. The van der Waals surface area contributed by atoms with E-state index in [1.165, 1.54) is 32.1 Å². The lowest BCUT2D eigenvalue weighted by Crippen LogP contribution is -2.54. The van der Waals surface area contributed by atoms with Crippen molar-refractivity contribution < 1.29 is 24.8 Å². The molecule has 0 unspecified atom stereocenters. The third-order valence-electron chi connectivity index (χ3n) is 3.81. The molecular formula is C16H30O5. The van der Waals surface area contributed by atoms with Gasteiger partial charge in [-0.15, -0.1) is 0 Å². The van der Waals surface area contributed by atoms with Crippen molar-refractivity contribution in [2.24, 2.45) is 0 Å². The van der Waals surface area contributed by atoms with Crippen molar-refractivity contribution in [2.45, 2.75) is 76.3 Å². The molecule has 4 atom stereocenters. The highest BCUT2D eigenvalue weighted by atomic mass is 16.6. The minimum absolute atomic E-state index is 0.0677. The summed E-state index contributed by atoms with van der Waals surface area (Å²) >= 11 is 0. The van der Waals surface area contributed by atoms with Crippen LogP contribution in [0, 0.1) is 0 Å². The highest BCUT2D eigenvalue weighted by molar-refractivity contribution is 4.89. The molecule has 21 heavy (non-hydrogen) atoms. The van der Waals surface area contributed by atoms with E-state index in [1.807, 2.05) is 6.08 Å². The van der Waals surface area contributed by atoms with Gasteiger partial charge in [0.15, 0.2) is 6.10 Å². The molecule has 1 heterocycles. The van der Waals surface area contributed by atoms with Crippen molar-refractivity contribution in [1.82, 2.24) is 0 Å². The first-order valence-corrected chi connectivity index (χ1v) is 8.09. The zero-order valence-electron chi connectivity index (χ0n) is 13.0. The average molecular weight is 302 g/mol. The molecule has 1 aliphatic rings. The topological polar surface area (TPSA) is 79.2 Å². The average Bonchev–Trinajstić information content (AvgIpc) is 2.48. The molecule has 0 aliphatic carbocycles. The van der Waals surface area contributed by atoms with Crippen LogP contribution in [0.5, 0.6) is 0 Å². The van der Waals surface area contributed by atoms with Gasteiger partial charge in [0.25, 0.3) is 0 Å². The van der Waals surface area contributed by atoms with Gasteiger partial charge in [-0.3, -0.25) is 0 Å². The molecule has 1 saturated heterocycles. The number of aliphatic hydroxyl groups excluding tert-OH is 3. The van der Waals surface area contributed by atoms with E-state index in [1.54, 1.807) is 6.26 Å². The number of hydrogen-bond acceptors (Lipinski definition) is 5. The van der Waals surface area contributed by atoms with Crippen LogP contribution in [-0.2, 0) is 9.47 Å². The number of ether oxygens (including phenoxy) is 2. The van der Waals surface area contributed by atoms with Gasteiger partial charge in [0.2, 0.25) is 0 Å². The lowest BCUT2D eigenvalue weighted by Gasteiger charge is -2.36. The van der Waals surface area contributed by atoms with Crippen LogP contribution in [0.3, 0.4) is 0 Å². The molecule has 0 aromatic carbocycles. The highest BCUT2D eigenvalue weighted by Crippen LogP contribution is 2.18. The Labute approximate surface area is 127 Å². The summed E-state index contributed by atoms with van der Waals surface area (Å²) in [5.74, 6) is 0. The minimum Gasteiger partial charge on any atom is -0.493 e. The molecule has 0 spiro atoms. The van der Waals surface area contributed by atoms with Crippen LogP contribution in [0.2, 0.25) is 0 Å². The third-order valence-corrected chi connectivity index (χ3v) is 3.81. The molecule has 3 N–H and O–H groups in total. The Morgan fingerprint density at radius 3 is 2.57 bits per heavy atom. The molecule has 5 heteroatoms. The number of allylic oxidation sites excluding steroid dienone is 1. The Balaban J connectivity index is 2.16. The van der Waals surface area contributed by atoms with Crippen molar-refractivity contribution in [3.8, 4) is 0 Å². The van der Waals surface area contributed by atoms with Gasteiger partial charge in [-0.25, -0.2) is 0 Å². The lowest BCUT2D eigenvalue weighted by molar-refractivity contribution is -0.197. The second-order valence-electron chi connectivity index (χ2n) is 5.64. The van der Waals surface area contributed by atoms with Crippen LogP contribution in [0.1, 0.15) is 51.9 Å². The standard InChI is InChI=1S/C16H30O5/c1-2-3-4-5-6-7-8-9-10-20-16-13(18)12-21-14(11-17)15(16)19/h9-10,13-19H,2-8,11-12H2,1H3/b10-9+/t13-,14+,15+,16+/m1/s1. The molecule has 0 saturated carbocycles. The van der Waals surface area contributed by atoms with Crippen LogP contribution in [0.25, 0.3) is 0 Å². The van der Waals surface area contributed by atoms with E-state index < -0.39 is 24.4 Å². The third kappa shape index (κ3) is 6.78. The molecule has 0 aromatic heterocycles. The summed E-state index contributed by atoms with van der Waals surface area (Å²) in [4.78, 5) is 0. The van der Waals surface area contributed by atoms with Crippen LogP contribution in [0.15, 0.2) is 12.3 Å². The van der Waals surface area contributed by atoms with Crippen LogP contribution in [0.4, 0.5) is 0 Å². The second-order valence-corrected chi connectivity index (χ2v) is 5.64. The molecule has 1 aliphatic heterocycles. The summed E-state index contributed by atoms with van der Waals surface area (Å²) < 4.78 is 10.5. The molecule has 1 fully saturated rings. The molecule has 0 amide bonds. The number of aliphatic hydroxyl groups is 3. The van der Waals surface area contributed by atoms with Gasteiger partial charge in [-0.1, -0.05) is 39.0 Å². The highest BCUT2D eigenvalue weighted by Gasteiger charge is 2.39.